The Morgan fingerprint density at radius 3 is 2.29 bits per heavy atom. The van der Waals surface area contributed by atoms with Crippen LogP contribution in [0.15, 0.2) is 54.6 Å². The minimum atomic E-state index is -4.41. The Kier molecular flexibility index (Phi) is 10.6. The molecular weight excluding hydrogens is 554 g/mol. The first-order chi connectivity index (χ1) is 20.0. The predicted molar refractivity (Wildman–Crippen MR) is 150 cm³/mol. The summed E-state index contributed by atoms with van der Waals surface area (Å²) in [7, 11) is 0. The van der Waals surface area contributed by atoms with E-state index in [-0.39, 0.29) is 37.2 Å². The Morgan fingerprint density at radius 1 is 1.02 bits per heavy atom. The zero-order valence-corrected chi connectivity index (χ0v) is 23.8. The van der Waals surface area contributed by atoms with Crippen molar-refractivity contribution < 1.29 is 32.2 Å². The van der Waals surface area contributed by atoms with Crippen molar-refractivity contribution in [1.29, 1.82) is 0 Å². The number of aliphatic hydroxyl groups is 1. The Balaban J connectivity index is 1.18. The second-order valence-corrected chi connectivity index (χ2v) is 11.0. The van der Waals surface area contributed by atoms with Gasteiger partial charge in [0.2, 0.25) is 5.91 Å². The first-order valence-electron chi connectivity index (χ1n) is 14.0. The summed E-state index contributed by atoms with van der Waals surface area (Å²) in [5, 5.41) is 17.9. The molecule has 0 aliphatic carbocycles. The summed E-state index contributed by atoms with van der Waals surface area (Å²) in [6.07, 6.45) is -4.43. The van der Waals surface area contributed by atoms with Crippen LogP contribution >= 0.6 is 0 Å². The largest absolute Gasteiger partial charge is 0.491 e. The smallest absolute Gasteiger partial charge is 0.416 e. The van der Waals surface area contributed by atoms with Crippen LogP contribution in [0, 0.1) is 11.7 Å². The number of amides is 1. The average molecular weight is 592 g/mol. The van der Waals surface area contributed by atoms with Crippen LogP contribution in [0.4, 0.5) is 17.6 Å². The van der Waals surface area contributed by atoms with E-state index in [1.54, 1.807) is 16.8 Å². The molecule has 2 aromatic carbocycles. The molecule has 0 bridgehead atoms. The van der Waals surface area contributed by atoms with Gasteiger partial charge in [-0.25, -0.2) is 9.07 Å². The van der Waals surface area contributed by atoms with Crippen molar-refractivity contribution in [2.75, 3.05) is 45.9 Å². The van der Waals surface area contributed by atoms with Gasteiger partial charge in [-0.15, -0.1) is 0 Å². The molecule has 0 spiro atoms. The van der Waals surface area contributed by atoms with Crippen LogP contribution in [0.2, 0.25) is 0 Å². The normalized spacial score (nSPS) is 15.6. The van der Waals surface area contributed by atoms with Crippen LogP contribution in [0.5, 0.6) is 5.75 Å². The number of piperazine rings is 1. The number of hydrogen-bond donors (Lipinski definition) is 2. The maximum absolute atomic E-state index is 13.4. The zero-order chi connectivity index (χ0) is 30.3. The van der Waals surface area contributed by atoms with Gasteiger partial charge in [0.05, 0.1) is 30.0 Å². The van der Waals surface area contributed by atoms with Crippen LogP contribution in [0.3, 0.4) is 0 Å². The predicted octanol–water partition coefficient (Wildman–Crippen LogP) is 3.90. The molecule has 12 heteroatoms. The Hall–Kier alpha value is -3.48. The fourth-order valence-corrected chi connectivity index (χ4v) is 4.79. The van der Waals surface area contributed by atoms with Crippen LogP contribution in [-0.4, -0.2) is 82.6 Å². The van der Waals surface area contributed by atoms with E-state index >= 15 is 0 Å². The summed E-state index contributed by atoms with van der Waals surface area (Å²) in [6.45, 7) is 7.68. The van der Waals surface area contributed by atoms with E-state index in [1.807, 2.05) is 11.0 Å². The number of carbonyl (C=O) groups excluding carboxylic acids is 1. The summed E-state index contributed by atoms with van der Waals surface area (Å²) in [5.41, 5.74) is 1.72. The van der Waals surface area contributed by atoms with Crippen molar-refractivity contribution in [3.8, 4) is 11.4 Å². The van der Waals surface area contributed by atoms with Crippen molar-refractivity contribution in [1.82, 2.24) is 24.9 Å². The van der Waals surface area contributed by atoms with Crippen LogP contribution in [-0.2, 0) is 23.9 Å². The van der Waals surface area contributed by atoms with Gasteiger partial charge in [0.1, 0.15) is 24.3 Å². The number of rotatable bonds is 12. The molecule has 3 aromatic rings. The molecule has 0 saturated carbocycles. The molecule has 1 atom stereocenters. The third kappa shape index (κ3) is 9.27. The van der Waals surface area contributed by atoms with Crippen molar-refractivity contribution in [2.24, 2.45) is 5.92 Å². The number of hydrogen-bond acceptors (Lipinski definition) is 6. The van der Waals surface area contributed by atoms with Gasteiger partial charge in [-0.2, -0.15) is 18.3 Å². The first kappa shape index (κ1) is 31.5. The summed E-state index contributed by atoms with van der Waals surface area (Å²) >= 11 is 0. The van der Waals surface area contributed by atoms with Gasteiger partial charge in [0.15, 0.2) is 0 Å². The van der Waals surface area contributed by atoms with Gasteiger partial charge in [-0.1, -0.05) is 13.8 Å². The number of carbonyl (C=O) groups is 1. The molecule has 1 saturated heterocycles. The van der Waals surface area contributed by atoms with Gasteiger partial charge < -0.3 is 15.2 Å². The highest BCUT2D eigenvalue weighted by Gasteiger charge is 2.30. The summed E-state index contributed by atoms with van der Waals surface area (Å²) in [6, 6.07) is 12.5. The van der Waals surface area contributed by atoms with Crippen molar-refractivity contribution in [3.05, 3.63) is 77.4 Å². The molecule has 4 rings (SSSR count). The summed E-state index contributed by atoms with van der Waals surface area (Å²) in [4.78, 5) is 16.8. The second kappa shape index (κ2) is 14.1. The molecule has 1 fully saturated rings. The number of nitrogens with one attached hydrogen (secondary N) is 1. The van der Waals surface area contributed by atoms with Crippen molar-refractivity contribution in [3.63, 3.8) is 0 Å². The number of ether oxygens (including phenoxy) is 1. The minimum absolute atomic E-state index is 0.0379. The van der Waals surface area contributed by atoms with E-state index < -0.39 is 17.8 Å². The SMILES string of the molecule is CC(C)Cc1cc(CNC(=O)CN2CCN(C[C@H](O)COc3ccc(C(F)(F)F)cc3)CC2)nn1-c1ccc(F)cc1. The maximum atomic E-state index is 13.4. The average Bonchev–Trinajstić information content (AvgIpc) is 3.34. The molecule has 1 amide bonds. The van der Waals surface area contributed by atoms with Gasteiger partial charge >= 0.3 is 6.18 Å². The number of alkyl halides is 3. The fraction of sp³-hybridized carbons (Fsp3) is 0.467. The molecule has 2 heterocycles. The molecule has 2 N–H and O–H groups in total. The molecular formula is C30H37F4N5O3. The topological polar surface area (TPSA) is 82.9 Å². The van der Waals surface area contributed by atoms with Crippen molar-refractivity contribution in [2.45, 2.75) is 39.1 Å². The molecule has 1 aromatic heterocycles. The van der Waals surface area contributed by atoms with E-state index in [2.05, 4.69) is 29.2 Å². The minimum Gasteiger partial charge on any atom is -0.491 e. The quantitative estimate of drug-likeness (QED) is 0.311. The lowest BCUT2D eigenvalue weighted by Crippen LogP contribution is -2.51. The second-order valence-electron chi connectivity index (χ2n) is 11.0. The third-order valence-electron chi connectivity index (χ3n) is 6.91. The Labute approximate surface area is 242 Å². The van der Waals surface area contributed by atoms with E-state index in [0.29, 0.717) is 38.6 Å². The number of aliphatic hydroxyl groups excluding tert-OH is 1. The molecule has 1 aliphatic rings. The molecule has 228 valence electrons. The number of benzene rings is 2. The van der Waals surface area contributed by atoms with E-state index in [1.165, 1.54) is 24.3 Å². The number of aromatic nitrogens is 2. The monoisotopic (exact) mass is 591 g/mol. The number of halogens is 4. The molecule has 0 radical (unpaired) electrons. The highest BCUT2D eigenvalue weighted by molar-refractivity contribution is 5.78. The standard InChI is InChI=1S/C30H37F4N5O3/c1-21(2)15-26-16-24(36-39(26)25-7-5-23(31)6-8-25)17-35-29(41)19-38-13-11-37(12-14-38)18-27(40)20-42-28-9-3-22(4-10-28)30(32,33)34/h3-10,16,21,27,40H,11-15,17-20H2,1-2H3,(H,35,41)/t27-/m0/s1. The number of nitrogens with zero attached hydrogens (tertiary/aromatic N) is 4. The highest BCUT2D eigenvalue weighted by Crippen LogP contribution is 2.30. The lowest BCUT2D eigenvalue weighted by molar-refractivity contribution is -0.137. The third-order valence-corrected chi connectivity index (χ3v) is 6.91. The van der Waals surface area contributed by atoms with Crippen molar-refractivity contribution >= 4 is 5.91 Å². The molecule has 0 unspecified atom stereocenters. The zero-order valence-electron chi connectivity index (χ0n) is 23.8. The van der Waals surface area contributed by atoms with Gasteiger partial charge in [-0.3, -0.25) is 14.6 Å². The summed E-state index contributed by atoms with van der Waals surface area (Å²) in [5.74, 6) is 0.229. The highest BCUT2D eigenvalue weighted by atomic mass is 19.4. The molecule has 42 heavy (non-hydrogen) atoms. The van der Waals surface area contributed by atoms with E-state index in [0.717, 1.165) is 35.6 Å². The van der Waals surface area contributed by atoms with Crippen LogP contribution < -0.4 is 10.1 Å². The van der Waals surface area contributed by atoms with E-state index in [9.17, 15) is 27.5 Å². The van der Waals surface area contributed by atoms with E-state index in [4.69, 9.17) is 4.74 Å². The molecule has 8 nitrogen and oxygen atoms in total. The van der Waals surface area contributed by atoms with Gasteiger partial charge in [0.25, 0.3) is 0 Å². The fourth-order valence-electron chi connectivity index (χ4n) is 4.79. The maximum Gasteiger partial charge on any atom is 0.416 e. The summed E-state index contributed by atoms with van der Waals surface area (Å²) < 4.78 is 58.7. The number of β-amino-alcohol motifs (C(OH)–C–C–N with tert-alkyl or cyclic N) is 1. The lowest BCUT2D eigenvalue weighted by atomic mass is 10.1. The van der Waals surface area contributed by atoms with Crippen LogP contribution in [0.25, 0.3) is 5.69 Å². The Bertz CT molecular complexity index is 1290. The molecule has 1 aliphatic heterocycles. The Morgan fingerprint density at radius 2 is 1.67 bits per heavy atom. The first-order valence-corrected chi connectivity index (χ1v) is 14.0. The van der Waals surface area contributed by atoms with Crippen LogP contribution in [0.1, 0.15) is 30.8 Å². The lowest BCUT2D eigenvalue weighted by Gasteiger charge is -2.35. The van der Waals surface area contributed by atoms with Gasteiger partial charge in [-0.05, 0) is 66.9 Å². The van der Waals surface area contributed by atoms with Gasteiger partial charge in [0, 0.05) is 38.4 Å².